The third-order valence-corrected chi connectivity index (χ3v) is 4.12. The number of halogens is 3. The average Bonchev–Trinajstić information content (AvgIpc) is 2.94. The molecular weight excluding hydrogens is 331 g/mol. The fraction of sp³-hybridized carbons (Fsp3) is 0.471. The van der Waals surface area contributed by atoms with Gasteiger partial charge in [-0.15, -0.1) is 0 Å². The lowest BCUT2D eigenvalue weighted by atomic mass is 10.0. The van der Waals surface area contributed by atoms with Gasteiger partial charge in [0.05, 0.1) is 11.9 Å². The molecule has 138 valence electrons. The van der Waals surface area contributed by atoms with Crippen LogP contribution in [0.15, 0.2) is 43.0 Å². The Morgan fingerprint density at radius 2 is 2.28 bits per heavy atom. The lowest BCUT2D eigenvalue weighted by Gasteiger charge is -2.30. The van der Waals surface area contributed by atoms with E-state index >= 15 is 0 Å². The highest BCUT2D eigenvalue weighted by atomic mass is 19.4. The summed E-state index contributed by atoms with van der Waals surface area (Å²) in [5.74, 6) is 0.859. The smallest absolute Gasteiger partial charge is 0.359 e. The molecule has 25 heavy (non-hydrogen) atoms. The molecule has 1 aromatic rings. The number of pyridine rings is 1. The van der Waals surface area contributed by atoms with Crippen molar-refractivity contribution in [2.45, 2.75) is 38.0 Å². The quantitative estimate of drug-likeness (QED) is 0.701. The molecule has 1 aliphatic heterocycles. The van der Waals surface area contributed by atoms with Gasteiger partial charge in [-0.05, 0) is 24.1 Å². The highest BCUT2D eigenvalue weighted by Crippen LogP contribution is 2.35. The molecule has 1 saturated heterocycles. The SMILES string of the molecule is C=C(CN)Nc1cc(C(CCC)N2CC(C(F)(F)F)NC2=C)ccn1. The predicted octanol–water partition coefficient (Wildman–Crippen LogP) is 3.11. The van der Waals surface area contributed by atoms with Crippen LogP contribution in [0.4, 0.5) is 19.0 Å². The Hall–Kier alpha value is -2.22. The Morgan fingerprint density at radius 3 is 2.84 bits per heavy atom. The lowest BCUT2D eigenvalue weighted by Crippen LogP contribution is -2.39. The molecular formula is C17H24F3N5. The van der Waals surface area contributed by atoms with Crippen molar-refractivity contribution in [1.82, 2.24) is 15.2 Å². The molecule has 0 saturated carbocycles. The highest BCUT2D eigenvalue weighted by Gasteiger charge is 2.46. The van der Waals surface area contributed by atoms with Gasteiger partial charge in [0, 0.05) is 25.0 Å². The second-order valence-electron chi connectivity index (χ2n) is 6.05. The Kier molecular flexibility index (Phi) is 5.94. The second kappa shape index (κ2) is 7.77. The average molecular weight is 355 g/mol. The van der Waals surface area contributed by atoms with Gasteiger partial charge >= 0.3 is 6.18 Å². The minimum Gasteiger partial charge on any atom is -0.359 e. The minimum atomic E-state index is -4.31. The van der Waals surface area contributed by atoms with Crippen molar-refractivity contribution in [3.05, 3.63) is 48.6 Å². The molecule has 0 aliphatic carbocycles. The summed E-state index contributed by atoms with van der Waals surface area (Å²) in [7, 11) is 0. The van der Waals surface area contributed by atoms with E-state index in [0.717, 1.165) is 12.0 Å². The first-order chi connectivity index (χ1) is 11.8. The lowest BCUT2D eigenvalue weighted by molar-refractivity contribution is -0.150. The van der Waals surface area contributed by atoms with Gasteiger partial charge in [0.1, 0.15) is 11.9 Å². The van der Waals surface area contributed by atoms with E-state index < -0.39 is 12.2 Å². The number of nitrogens with one attached hydrogen (secondary N) is 2. The molecule has 5 nitrogen and oxygen atoms in total. The molecule has 2 heterocycles. The zero-order chi connectivity index (χ0) is 18.6. The van der Waals surface area contributed by atoms with Crippen LogP contribution in [0.3, 0.4) is 0 Å². The van der Waals surface area contributed by atoms with E-state index in [1.54, 1.807) is 11.1 Å². The molecule has 4 N–H and O–H groups in total. The summed E-state index contributed by atoms with van der Waals surface area (Å²) >= 11 is 0. The number of nitrogens with zero attached hydrogens (tertiary/aromatic N) is 2. The van der Waals surface area contributed by atoms with Gasteiger partial charge in [0.25, 0.3) is 0 Å². The van der Waals surface area contributed by atoms with E-state index in [4.69, 9.17) is 5.73 Å². The van der Waals surface area contributed by atoms with Crippen LogP contribution in [0.2, 0.25) is 0 Å². The van der Waals surface area contributed by atoms with Crippen LogP contribution in [0.5, 0.6) is 0 Å². The van der Waals surface area contributed by atoms with Crippen molar-refractivity contribution >= 4 is 5.82 Å². The molecule has 1 aliphatic rings. The number of anilines is 1. The van der Waals surface area contributed by atoms with Gasteiger partial charge in [-0.3, -0.25) is 0 Å². The molecule has 8 heteroatoms. The van der Waals surface area contributed by atoms with Gasteiger partial charge in [0.15, 0.2) is 0 Å². The van der Waals surface area contributed by atoms with E-state index in [1.807, 2.05) is 19.1 Å². The molecule has 0 aromatic carbocycles. The van der Waals surface area contributed by atoms with E-state index in [9.17, 15) is 13.2 Å². The number of hydrogen-bond donors (Lipinski definition) is 3. The maximum absolute atomic E-state index is 13.0. The van der Waals surface area contributed by atoms with Crippen LogP contribution in [-0.4, -0.2) is 35.2 Å². The van der Waals surface area contributed by atoms with Crippen molar-refractivity contribution in [3.63, 3.8) is 0 Å². The maximum atomic E-state index is 13.0. The predicted molar refractivity (Wildman–Crippen MR) is 92.5 cm³/mol. The summed E-state index contributed by atoms with van der Waals surface area (Å²) in [6.07, 6.45) is -1.16. The third kappa shape index (κ3) is 4.66. The van der Waals surface area contributed by atoms with Crippen molar-refractivity contribution < 1.29 is 13.2 Å². The van der Waals surface area contributed by atoms with E-state index in [0.29, 0.717) is 23.8 Å². The first kappa shape index (κ1) is 19.1. The molecule has 0 amide bonds. The summed E-state index contributed by atoms with van der Waals surface area (Å²) in [5, 5.41) is 5.45. The minimum absolute atomic E-state index is 0.159. The summed E-state index contributed by atoms with van der Waals surface area (Å²) in [6.45, 7) is 9.64. The molecule has 1 aromatic heterocycles. The van der Waals surface area contributed by atoms with Crippen LogP contribution >= 0.6 is 0 Å². The monoisotopic (exact) mass is 355 g/mol. The van der Waals surface area contributed by atoms with Crippen LogP contribution in [-0.2, 0) is 0 Å². The van der Waals surface area contributed by atoms with Gasteiger partial charge in [-0.1, -0.05) is 26.5 Å². The fourth-order valence-electron chi connectivity index (χ4n) is 2.87. The Balaban J connectivity index is 2.25. The molecule has 2 unspecified atom stereocenters. The molecule has 0 bridgehead atoms. The fourth-order valence-corrected chi connectivity index (χ4v) is 2.87. The first-order valence-electron chi connectivity index (χ1n) is 8.15. The van der Waals surface area contributed by atoms with Gasteiger partial charge < -0.3 is 21.3 Å². The van der Waals surface area contributed by atoms with E-state index in [1.165, 1.54) is 0 Å². The van der Waals surface area contributed by atoms with Gasteiger partial charge in [0.2, 0.25) is 0 Å². The van der Waals surface area contributed by atoms with Gasteiger partial charge in [-0.2, -0.15) is 13.2 Å². The number of aromatic nitrogens is 1. The van der Waals surface area contributed by atoms with Gasteiger partial charge in [-0.25, -0.2) is 4.98 Å². The highest BCUT2D eigenvalue weighted by molar-refractivity contribution is 5.44. The molecule has 0 radical (unpaired) electrons. The van der Waals surface area contributed by atoms with Crippen LogP contribution in [0.1, 0.15) is 31.4 Å². The summed E-state index contributed by atoms with van der Waals surface area (Å²) in [6, 6.07) is 1.81. The second-order valence-corrected chi connectivity index (χ2v) is 6.05. The Morgan fingerprint density at radius 1 is 1.56 bits per heavy atom. The summed E-state index contributed by atoms with van der Waals surface area (Å²) in [5.41, 5.74) is 7.00. The van der Waals surface area contributed by atoms with E-state index in [-0.39, 0.29) is 19.1 Å². The summed E-state index contributed by atoms with van der Waals surface area (Å²) < 4.78 is 39.1. The summed E-state index contributed by atoms with van der Waals surface area (Å²) in [4.78, 5) is 5.88. The molecule has 2 rings (SSSR count). The topological polar surface area (TPSA) is 66.2 Å². The molecule has 2 atom stereocenters. The zero-order valence-electron chi connectivity index (χ0n) is 14.2. The van der Waals surface area contributed by atoms with Crippen LogP contribution in [0, 0.1) is 0 Å². The third-order valence-electron chi connectivity index (χ3n) is 4.12. The standard InChI is InChI=1S/C17H24F3N5/c1-4-5-14(25-10-15(17(18,19)20)24-12(25)3)13-6-7-22-16(8-13)23-11(2)9-21/h6-8,14-15,24H,2-5,9-10,21H2,1H3,(H,22,23). The first-order valence-corrected chi connectivity index (χ1v) is 8.15. The number of hydrogen-bond acceptors (Lipinski definition) is 5. The normalized spacial score (nSPS) is 18.8. The molecule has 0 spiro atoms. The van der Waals surface area contributed by atoms with Crippen molar-refractivity contribution in [2.24, 2.45) is 5.73 Å². The van der Waals surface area contributed by atoms with E-state index in [2.05, 4.69) is 28.8 Å². The Labute approximate surface area is 145 Å². The van der Waals surface area contributed by atoms with Crippen molar-refractivity contribution in [1.29, 1.82) is 0 Å². The largest absolute Gasteiger partial charge is 0.410 e. The number of alkyl halides is 3. The van der Waals surface area contributed by atoms with Crippen LogP contribution < -0.4 is 16.4 Å². The Bertz CT molecular complexity index is 629. The zero-order valence-corrected chi connectivity index (χ0v) is 14.2. The van der Waals surface area contributed by atoms with Crippen LogP contribution in [0.25, 0.3) is 0 Å². The number of nitrogens with two attached hydrogens (primary N) is 1. The number of rotatable bonds is 7. The maximum Gasteiger partial charge on any atom is 0.410 e. The molecule has 1 fully saturated rings. The van der Waals surface area contributed by atoms with Crippen molar-refractivity contribution in [3.8, 4) is 0 Å². The van der Waals surface area contributed by atoms with Crippen molar-refractivity contribution in [2.75, 3.05) is 18.4 Å².